The Balaban J connectivity index is 1.09. The van der Waals surface area contributed by atoms with E-state index in [-0.39, 0.29) is 23.0 Å². The van der Waals surface area contributed by atoms with Crippen LogP contribution in [0.15, 0.2) is 47.1 Å². The molecule has 3 aromatic rings. The average Bonchev–Trinajstić information content (AvgIpc) is 3.25. The van der Waals surface area contributed by atoms with Gasteiger partial charge in [0.15, 0.2) is 17.6 Å². The highest BCUT2D eigenvalue weighted by Crippen LogP contribution is 2.75. The molecule has 1 aliphatic heterocycles. The molecule has 1 N–H and O–H groups in total. The Labute approximate surface area is 203 Å². The zero-order valence-corrected chi connectivity index (χ0v) is 19.1. The number of hydrogen-bond donors (Lipinski definition) is 1. The molecule has 2 atom stereocenters. The van der Waals surface area contributed by atoms with Gasteiger partial charge >= 0.3 is 6.18 Å². The number of hydrogen-bond acceptors (Lipinski definition) is 6. The number of benzene rings is 1. The van der Waals surface area contributed by atoms with E-state index in [9.17, 15) is 23.1 Å². The Morgan fingerprint density at radius 1 is 1.17 bits per heavy atom. The number of ketones is 1. The zero-order valence-electron chi connectivity index (χ0n) is 18.3. The van der Waals surface area contributed by atoms with Crippen LogP contribution >= 0.6 is 11.6 Å². The fraction of sp³-hybridized carbons (Fsp3) is 0.400. The second-order valence-electron chi connectivity index (χ2n) is 10.0. The van der Waals surface area contributed by atoms with Gasteiger partial charge in [0, 0.05) is 46.7 Å². The lowest BCUT2D eigenvalue weighted by atomic mass is 9.33. The maximum Gasteiger partial charge on any atom is 0.433 e. The molecule has 3 fully saturated rings. The molecule has 0 unspecified atom stereocenters. The van der Waals surface area contributed by atoms with Crippen LogP contribution < -0.4 is 4.74 Å². The van der Waals surface area contributed by atoms with Gasteiger partial charge in [0.05, 0.1) is 11.8 Å². The normalized spacial score (nSPS) is 28.9. The molecule has 0 amide bonds. The number of aliphatic hydroxyl groups excluding tert-OH is 1. The molecule has 2 bridgehead atoms. The van der Waals surface area contributed by atoms with Crippen LogP contribution in [0.5, 0.6) is 5.75 Å². The predicted molar refractivity (Wildman–Crippen MR) is 118 cm³/mol. The monoisotopic (exact) mass is 504 g/mol. The van der Waals surface area contributed by atoms with Crippen LogP contribution in [0.4, 0.5) is 13.2 Å². The number of nitrogens with zero attached hydrogens (tertiary/aromatic N) is 2. The van der Waals surface area contributed by atoms with Gasteiger partial charge in [-0.25, -0.2) is 0 Å². The van der Waals surface area contributed by atoms with Gasteiger partial charge in [-0.2, -0.15) is 13.2 Å². The molecule has 3 aliphatic carbocycles. The van der Waals surface area contributed by atoms with Crippen LogP contribution in [-0.4, -0.2) is 27.1 Å². The van der Waals surface area contributed by atoms with E-state index in [2.05, 4.69) is 10.1 Å². The zero-order chi connectivity index (χ0) is 24.6. The topological polar surface area (TPSA) is 85.5 Å². The molecule has 0 radical (unpaired) electrons. The largest absolute Gasteiger partial charge is 0.482 e. The SMILES string of the molecule is O=C(CC12CC(c3cc(-c4ccc(C(F)(F)F)nc4)on3)(C1)C2)[C@@H]1C[C@@H](O)c2cc(Cl)ccc2O1. The standard InChI is InChI=1S/C25H20ClF3N2O4/c26-14-2-3-18-15(5-14)16(32)6-20(34-18)17(33)8-23-10-24(11-23,12-23)22-7-19(35-31-22)13-1-4-21(30-9-13)25(27,28)29/h1-5,7,9,16,20,32H,6,8,10-12H2/t16-,20+,23?,24?/m1/s1. The first-order valence-electron chi connectivity index (χ1n) is 11.2. The van der Waals surface area contributed by atoms with Crippen molar-refractivity contribution in [3.8, 4) is 17.1 Å². The van der Waals surface area contributed by atoms with Crippen LogP contribution in [0.1, 0.15) is 55.2 Å². The van der Waals surface area contributed by atoms with Gasteiger partial charge in [-0.05, 0) is 55.0 Å². The molecule has 0 spiro atoms. The van der Waals surface area contributed by atoms with Gasteiger partial charge in [0.2, 0.25) is 0 Å². The average molecular weight is 505 g/mol. The Morgan fingerprint density at radius 2 is 1.94 bits per heavy atom. The minimum atomic E-state index is -4.50. The summed E-state index contributed by atoms with van der Waals surface area (Å²) in [5, 5.41) is 15.1. The maximum atomic E-state index is 13.0. The Morgan fingerprint density at radius 3 is 2.63 bits per heavy atom. The van der Waals surface area contributed by atoms with Crippen LogP contribution in [0.2, 0.25) is 5.02 Å². The minimum absolute atomic E-state index is 0.0328. The molecule has 2 aromatic heterocycles. The molecular weight excluding hydrogens is 485 g/mol. The Hall–Kier alpha value is -2.91. The number of aliphatic hydroxyl groups is 1. The fourth-order valence-corrected chi connectivity index (χ4v) is 6.11. The smallest absolute Gasteiger partial charge is 0.433 e. The summed E-state index contributed by atoms with van der Waals surface area (Å²) in [7, 11) is 0. The van der Waals surface area contributed by atoms with Crippen molar-refractivity contribution in [3.63, 3.8) is 0 Å². The van der Waals surface area contributed by atoms with Crippen LogP contribution in [0, 0.1) is 5.41 Å². The van der Waals surface area contributed by atoms with Crippen molar-refractivity contribution in [2.24, 2.45) is 5.41 Å². The van der Waals surface area contributed by atoms with Gasteiger partial charge in [0.25, 0.3) is 0 Å². The van der Waals surface area contributed by atoms with E-state index in [0.717, 1.165) is 37.2 Å². The number of carbonyl (C=O) groups excluding carboxylic acids is 1. The summed E-state index contributed by atoms with van der Waals surface area (Å²) >= 11 is 5.99. The first kappa shape index (κ1) is 22.5. The number of pyridine rings is 1. The van der Waals surface area contributed by atoms with Gasteiger partial charge in [-0.15, -0.1) is 0 Å². The highest BCUT2D eigenvalue weighted by Gasteiger charge is 2.70. The second-order valence-corrected chi connectivity index (χ2v) is 10.4. The van der Waals surface area contributed by atoms with Crippen LogP contribution in [-0.2, 0) is 16.4 Å². The summed E-state index contributed by atoms with van der Waals surface area (Å²) < 4.78 is 49.5. The third-order valence-electron chi connectivity index (χ3n) is 7.48. The first-order chi connectivity index (χ1) is 16.6. The molecule has 1 aromatic carbocycles. The Bertz CT molecular complexity index is 1300. The molecule has 3 heterocycles. The summed E-state index contributed by atoms with van der Waals surface area (Å²) in [5.41, 5.74) is 0.516. The third kappa shape index (κ3) is 3.72. The molecule has 3 saturated carbocycles. The molecule has 10 heteroatoms. The van der Waals surface area contributed by atoms with Crippen molar-refractivity contribution in [2.45, 2.75) is 55.9 Å². The number of fused-ring (bicyclic) bond motifs is 1. The number of aromatic nitrogens is 2. The van der Waals surface area contributed by atoms with Crippen molar-refractivity contribution in [1.29, 1.82) is 0 Å². The van der Waals surface area contributed by atoms with Gasteiger partial charge in [-0.1, -0.05) is 16.8 Å². The molecule has 4 aliphatic rings. The van der Waals surface area contributed by atoms with E-state index in [1.807, 2.05) is 0 Å². The number of rotatable bonds is 5. The van der Waals surface area contributed by atoms with Crippen LogP contribution in [0.25, 0.3) is 11.3 Å². The molecule has 7 rings (SSSR count). The number of Topliss-reactive ketones (excluding diaryl/α,β-unsaturated/α-hetero) is 1. The molecular formula is C25H20ClF3N2O4. The van der Waals surface area contributed by atoms with Crippen molar-refractivity contribution in [1.82, 2.24) is 10.1 Å². The van der Waals surface area contributed by atoms with Gasteiger partial charge in [-0.3, -0.25) is 9.78 Å². The van der Waals surface area contributed by atoms with E-state index >= 15 is 0 Å². The fourth-order valence-electron chi connectivity index (χ4n) is 5.92. The Kier molecular flexibility index (Phi) is 4.86. The van der Waals surface area contributed by atoms with Gasteiger partial charge in [0.1, 0.15) is 11.4 Å². The molecule has 0 saturated heterocycles. The minimum Gasteiger partial charge on any atom is -0.482 e. The first-order valence-corrected chi connectivity index (χ1v) is 11.6. The maximum absolute atomic E-state index is 13.0. The van der Waals surface area contributed by atoms with E-state index < -0.39 is 24.1 Å². The highest BCUT2D eigenvalue weighted by molar-refractivity contribution is 6.30. The molecule has 6 nitrogen and oxygen atoms in total. The molecule has 182 valence electrons. The van der Waals surface area contributed by atoms with Crippen molar-refractivity contribution >= 4 is 17.4 Å². The van der Waals surface area contributed by atoms with Crippen molar-refractivity contribution in [3.05, 3.63) is 64.6 Å². The lowest BCUT2D eigenvalue weighted by Gasteiger charge is -2.70. The van der Waals surface area contributed by atoms with Crippen molar-refractivity contribution < 1.29 is 32.3 Å². The summed E-state index contributed by atoms with van der Waals surface area (Å²) in [6.45, 7) is 0. The lowest BCUT2D eigenvalue weighted by molar-refractivity contribution is -0.165. The molecule has 35 heavy (non-hydrogen) atoms. The van der Waals surface area contributed by atoms with Gasteiger partial charge < -0.3 is 14.4 Å². The van der Waals surface area contributed by atoms with E-state index in [1.165, 1.54) is 6.07 Å². The lowest BCUT2D eigenvalue weighted by Crippen LogP contribution is -2.65. The number of halogens is 4. The van der Waals surface area contributed by atoms with E-state index in [4.69, 9.17) is 20.9 Å². The van der Waals surface area contributed by atoms with E-state index in [1.54, 1.807) is 24.3 Å². The summed E-state index contributed by atoms with van der Waals surface area (Å²) in [4.78, 5) is 16.5. The number of carbonyl (C=O) groups is 1. The van der Waals surface area contributed by atoms with E-state index in [0.29, 0.717) is 34.1 Å². The highest BCUT2D eigenvalue weighted by atomic mass is 35.5. The number of ether oxygens (including phenoxy) is 1. The summed E-state index contributed by atoms with van der Waals surface area (Å²) in [5.74, 6) is 0.808. The van der Waals surface area contributed by atoms with Crippen molar-refractivity contribution in [2.75, 3.05) is 0 Å². The summed E-state index contributed by atoms with van der Waals surface area (Å²) in [6.07, 6.45) is -1.97. The van der Waals surface area contributed by atoms with Crippen LogP contribution in [0.3, 0.4) is 0 Å². The second kappa shape index (κ2) is 7.54. The summed E-state index contributed by atoms with van der Waals surface area (Å²) in [6, 6.07) is 8.96. The predicted octanol–water partition coefficient (Wildman–Crippen LogP) is 5.67. The third-order valence-corrected chi connectivity index (χ3v) is 7.71. The number of alkyl halides is 3. The quantitative estimate of drug-likeness (QED) is 0.481.